The highest BCUT2D eigenvalue weighted by Gasteiger charge is 2.28. The summed E-state index contributed by atoms with van der Waals surface area (Å²) < 4.78 is 5.62. The van der Waals surface area contributed by atoms with Crippen molar-refractivity contribution in [3.05, 3.63) is 35.9 Å². The minimum Gasteiger partial charge on any atom is -0.480 e. The molecule has 0 fully saturated rings. The third-order valence-corrected chi connectivity index (χ3v) is 6.30. The van der Waals surface area contributed by atoms with Gasteiger partial charge in [-0.2, -0.15) is 0 Å². The minimum atomic E-state index is -1.17. The van der Waals surface area contributed by atoms with Gasteiger partial charge in [0.1, 0.15) is 24.2 Å². The number of nitrogens with one attached hydrogen (secondary N) is 2. The highest BCUT2D eigenvalue weighted by Crippen LogP contribution is 2.15. The molecule has 9 nitrogen and oxygen atoms in total. The van der Waals surface area contributed by atoms with Crippen LogP contribution in [0, 0.1) is 5.92 Å². The van der Waals surface area contributed by atoms with Crippen LogP contribution in [0.3, 0.4) is 0 Å². The average molecular weight is 506 g/mol. The number of carboxylic acid groups (broad SMARTS) is 1. The van der Waals surface area contributed by atoms with Crippen molar-refractivity contribution < 1.29 is 29.0 Å². The summed E-state index contributed by atoms with van der Waals surface area (Å²) in [5, 5.41) is 14.3. The first-order valence-electron chi connectivity index (χ1n) is 12.9. The number of benzene rings is 1. The zero-order chi connectivity index (χ0) is 27.1. The highest BCUT2D eigenvalue weighted by atomic mass is 16.5. The van der Waals surface area contributed by atoms with Crippen LogP contribution < -0.4 is 16.4 Å². The number of esters is 1. The van der Waals surface area contributed by atoms with Gasteiger partial charge in [0.2, 0.25) is 11.8 Å². The molecule has 0 aliphatic carbocycles. The molecule has 5 atom stereocenters. The van der Waals surface area contributed by atoms with E-state index in [1.54, 1.807) is 0 Å². The number of hydrogen-bond donors (Lipinski definition) is 4. The summed E-state index contributed by atoms with van der Waals surface area (Å²) in [6, 6.07) is 6.68. The lowest BCUT2D eigenvalue weighted by Crippen LogP contribution is -2.51. The molecule has 0 radical (unpaired) electrons. The van der Waals surface area contributed by atoms with E-state index in [0.29, 0.717) is 12.8 Å². The van der Waals surface area contributed by atoms with E-state index in [-0.39, 0.29) is 18.8 Å². The average Bonchev–Trinajstić information content (AvgIpc) is 2.85. The van der Waals surface area contributed by atoms with Crippen molar-refractivity contribution >= 4 is 23.8 Å². The summed E-state index contributed by atoms with van der Waals surface area (Å²) in [7, 11) is 0. The molecule has 2 amide bonds. The lowest BCUT2D eigenvalue weighted by Gasteiger charge is -2.24. The number of aliphatic carboxylic acids is 1. The third kappa shape index (κ3) is 11.7. The summed E-state index contributed by atoms with van der Waals surface area (Å²) in [4.78, 5) is 49.5. The molecule has 0 spiro atoms. The van der Waals surface area contributed by atoms with Crippen LogP contribution in [-0.2, 0) is 30.3 Å². The zero-order valence-corrected chi connectivity index (χ0v) is 22.0. The molecule has 202 valence electrons. The van der Waals surface area contributed by atoms with Crippen LogP contribution in [0.1, 0.15) is 78.2 Å². The maximum atomic E-state index is 12.9. The Morgan fingerprint density at radius 2 is 1.67 bits per heavy atom. The quantitative estimate of drug-likeness (QED) is 0.188. The molecule has 0 aliphatic rings. The van der Waals surface area contributed by atoms with E-state index in [9.17, 15) is 19.2 Å². The van der Waals surface area contributed by atoms with Crippen molar-refractivity contribution in [1.29, 1.82) is 0 Å². The molecule has 0 saturated carbocycles. The van der Waals surface area contributed by atoms with Crippen molar-refractivity contribution in [3.63, 3.8) is 0 Å². The second kappa shape index (κ2) is 16.7. The van der Waals surface area contributed by atoms with Gasteiger partial charge in [-0.05, 0) is 44.1 Å². The summed E-state index contributed by atoms with van der Waals surface area (Å²) in [5.74, 6) is -2.78. The fraction of sp³-hybridized carbons (Fsp3) is 0.630. The van der Waals surface area contributed by atoms with Crippen molar-refractivity contribution in [2.75, 3.05) is 0 Å². The first kappa shape index (κ1) is 31.1. The van der Waals surface area contributed by atoms with Gasteiger partial charge in [0, 0.05) is 0 Å². The predicted molar refractivity (Wildman–Crippen MR) is 138 cm³/mol. The normalized spacial score (nSPS) is 15.1. The topological polar surface area (TPSA) is 148 Å². The predicted octanol–water partition coefficient (Wildman–Crippen LogP) is 2.95. The molecule has 0 bridgehead atoms. The van der Waals surface area contributed by atoms with Crippen LogP contribution in [-0.4, -0.2) is 53.1 Å². The molecular formula is C27H43N3O6. The van der Waals surface area contributed by atoms with Gasteiger partial charge < -0.3 is 26.2 Å². The van der Waals surface area contributed by atoms with Crippen molar-refractivity contribution in [2.45, 2.75) is 103 Å². The van der Waals surface area contributed by atoms with Gasteiger partial charge in [-0.25, -0.2) is 0 Å². The number of carboxylic acids is 1. The van der Waals surface area contributed by atoms with Crippen molar-refractivity contribution in [2.24, 2.45) is 11.7 Å². The van der Waals surface area contributed by atoms with Gasteiger partial charge in [-0.15, -0.1) is 0 Å². The Morgan fingerprint density at radius 3 is 2.25 bits per heavy atom. The molecule has 0 aromatic heterocycles. The Bertz CT molecular complexity index is 832. The van der Waals surface area contributed by atoms with E-state index in [2.05, 4.69) is 17.6 Å². The van der Waals surface area contributed by atoms with Crippen LogP contribution in [0.15, 0.2) is 30.3 Å². The summed E-state index contributed by atoms with van der Waals surface area (Å²) in [6.45, 7) is 7.23. The van der Waals surface area contributed by atoms with Crippen molar-refractivity contribution in [1.82, 2.24) is 10.6 Å². The smallest absolute Gasteiger partial charge is 0.325 e. The molecule has 5 N–H and O–H groups in total. The third-order valence-electron chi connectivity index (χ3n) is 6.30. The number of hydrogen-bond acceptors (Lipinski definition) is 6. The maximum absolute atomic E-state index is 12.9. The first-order chi connectivity index (χ1) is 17.1. The van der Waals surface area contributed by atoms with E-state index in [1.807, 2.05) is 44.2 Å². The van der Waals surface area contributed by atoms with Gasteiger partial charge in [0.25, 0.3) is 0 Å². The number of rotatable bonds is 17. The molecular weight excluding hydrogens is 462 g/mol. The summed E-state index contributed by atoms with van der Waals surface area (Å²) in [6.07, 6.45) is 3.97. The molecule has 0 aliphatic heterocycles. The Balaban J connectivity index is 2.90. The van der Waals surface area contributed by atoms with Gasteiger partial charge in [-0.1, -0.05) is 70.4 Å². The second-order valence-electron chi connectivity index (χ2n) is 9.38. The van der Waals surface area contributed by atoms with Crippen molar-refractivity contribution in [3.8, 4) is 0 Å². The van der Waals surface area contributed by atoms with Gasteiger partial charge in [-0.3, -0.25) is 19.2 Å². The number of ether oxygens (including phenoxy) is 1. The number of nitrogens with two attached hydrogens (primary N) is 1. The molecule has 0 unspecified atom stereocenters. The summed E-state index contributed by atoms with van der Waals surface area (Å²) >= 11 is 0. The second-order valence-corrected chi connectivity index (χ2v) is 9.38. The molecule has 1 aromatic carbocycles. The fourth-order valence-electron chi connectivity index (χ4n) is 3.61. The summed E-state index contributed by atoms with van der Waals surface area (Å²) in [5.41, 5.74) is 7.00. The van der Waals surface area contributed by atoms with Gasteiger partial charge >= 0.3 is 11.9 Å². The van der Waals surface area contributed by atoms with E-state index in [1.165, 1.54) is 6.92 Å². The first-order valence-corrected chi connectivity index (χ1v) is 12.9. The number of carbonyl (C=O) groups is 4. The number of carbonyl (C=O) groups excluding carboxylic acids is 3. The molecule has 9 heteroatoms. The van der Waals surface area contributed by atoms with E-state index >= 15 is 0 Å². The van der Waals surface area contributed by atoms with E-state index < -0.39 is 48.0 Å². The van der Waals surface area contributed by atoms with Gasteiger partial charge in [0.15, 0.2) is 0 Å². The van der Waals surface area contributed by atoms with E-state index in [0.717, 1.165) is 31.2 Å². The SMILES string of the molecule is CCCCC[C@H](CC(=O)N[C@@H](CCc1ccccc1)C(=O)N[C@@H](C)C(=O)O)OC(=O)[C@H](N)[C@@H](C)CC. The Hall–Kier alpha value is -2.94. The van der Waals surface area contributed by atoms with Crippen LogP contribution in [0.2, 0.25) is 0 Å². The Kier molecular flexibility index (Phi) is 14.4. The van der Waals surface area contributed by atoms with Gasteiger partial charge in [0.05, 0.1) is 6.42 Å². The molecule has 1 rings (SSSR count). The fourth-order valence-corrected chi connectivity index (χ4v) is 3.61. The monoisotopic (exact) mass is 505 g/mol. The maximum Gasteiger partial charge on any atom is 0.325 e. The number of amides is 2. The zero-order valence-electron chi connectivity index (χ0n) is 22.0. The lowest BCUT2D eigenvalue weighted by atomic mass is 10.00. The number of aryl methyl sites for hydroxylation is 1. The molecule has 0 saturated heterocycles. The van der Waals surface area contributed by atoms with E-state index in [4.69, 9.17) is 15.6 Å². The number of unbranched alkanes of at least 4 members (excludes halogenated alkanes) is 2. The van der Waals surface area contributed by atoms with Crippen LogP contribution in [0.5, 0.6) is 0 Å². The highest BCUT2D eigenvalue weighted by molar-refractivity contribution is 5.90. The van der Waals surface area contributed by atoms with Crippen LogP contribution in [0.4, 0.5) is 0 Å². The Morgan fingerprint density at radius 1 is 1.00 bits per heavy atom. The van der Waals surface area contributed by atoms with Crippen LogP contribution in [0.25, 0.3) is 0 Å². The molecule has 36 heavy (non-hydrogen) atoms. The van der Waals surface area contributed by atoms with Crippen LogP contribution >= 0.6 is 0 Å². The molecule has 0 heterocycles. The standard InChI is InChI=1S/C27H43N3O6/c1-5-7-9-14-21(36-27(35)24(28)18(3)6-2)17-23(31)30-22(25(32)29-19(4)26(33)34)16-15-20-12-10-8-11-13-20/h8,10-13,18-19,21-22,24H,5-7,9,14-17,28H2,1-4H3,(H,29,32)(H,30,31)(H,33,34)/t18-,19-,21+,22-,24+/m0/s1. The lowest BCUT2D eigenvalue weighted by molar-refractivity contribution is -0.153. The Labute approximate surface area is 214 Å². The minimum absolute atomic E-state index is 0.0510. The molecule has 1 aromatic rings. The largest absolute Gasteiger partial charge is 0.480 e.